The molecule has 0 aliphatic heterocycles. The Morgan fingerprint density at radius 3 is 2.76 bits per heavy atom. The molecule has 8 heteroatoms. The van der Waals surface area contributed by atoms with E-state index in [0.717, 1.165) is 53.2 Å². The van der Waals surface area contributed by atoms with E-state index in [0.29, 0.717) is 42.7 Å². The Kier molecular flexibility index (Phi) is 8.07. The minimum atomic E-state index is -0.498. The van der Waals surface area contributed by atoms with Crippen LogP contribution in [0.5, 0.6) is 5.88 Å². The van der Waals surface area contributed by atoms with Crippen molar-refractivity contribution >= 4 is 27.6 Å². The van der Waals surface area contributed by atoms with Crippen LogP contribution in [0, 0.1) is 11.3 Å². The maximum absolute atomic E-state index is 11.6. The molecule has 8 nitrogen and oxygen atoms in total. The third-order valence-electron chi connectivity index (χ3n) is 6.79. The van der Waals surface area contributed by atoms with Crippen molar-refractivity contribution in [1.29, 1.82) is 5.26 Å². The van der Waals surface area contributed by atoms with Crippen LogP contribution < -0.4 is 15.8 Å². The summed E-state index contributed by atoms with van der Waals surface area (Å²) in [6.45, 7) is 3.11. The van der Waals surface area contributed by atoms with E-state index in [9.17, 15) is 10.1 Å². The van der Waals surface area contributed by atoms with Crippen molar-refractivity contribution in [3.8, 4) is 11.9 Å². The zero-order chi connectivity index (χ0) is 26.3. The lowest BCUT2D eigenvalue weighted by Gasteiger charge is -2.11. The highest BCUT2D eigenvalue weighted by Gasteiger charge is 2.26. The van der Waals surface area contributed by atoms with Gasteiger partial charge in [0.25, 0.3) is 0 Å². The van der Waals surface area contributed by atoms with E-state index in [1.165, 1.54) is 18.4 Å². The van der Waals surface area contributed by atoms with Crippen molar-refractivity contribution in [2.45, 2.75) is 38.1 Å². The van der Waals surface area contributed by atoms with E-state index in [-0.39, 0.29) is 0 Å². The summed E-state index contributed by atoms with van der Waals surface area (Å²) in [5, 5.41) is 15.5. The van der Waals surface area contributed by atoms with Gasteiger partial charge >= 0.3 is 0 Å². The second-order valence-corrected chi connectivity index (χ2v) is 9.59. The van der Waals surface area contributed by atoms with Crippen LogP contribution in [0.1, 0.15) is 58.6 Å². The number of benzene rings is 2. The van der Waals surface area contributed by atoms with Crippen molar-refractivity contribution in [1.82, 2.24) is 15.3 Å². The summed E-state index contributed by atoms with van der Waals surface area (Å²) in [7, 11) is 0. The monoisotopic (exact) mass is 509 g/mol. The van der Waals surface area contributed by atoms with Crippen LogP contribution in [0.25, 0.3) is 21.7 Å². The number of carbonyl (C=O) groups is 1. The normalized spacial score (nSPS) is 13.0. The van der Waals surface area contributed by atoms with E-state index < -0.39 is 5.91 Å². The lowest BCUT2D eigenvalue weighted by Crippen LogP contribution is -2.16. The number of carbonyl (C=O) groups excluding carboxylic acids is 1. The van der Waals surface area contributed by atoms with Gasteiger partial charge in [0.15, 0.2) is 0 Å². The van der Waals surface area contributed by atoms with E-state index in [1.807, 2.05) is 18.2 Å². The first kappa shape index (κ1) is 25.6. The molecule has 5 rings (SSSR count). The van der Waals surface area contributed by atoms with Crippen molar-refractivity contribution in [3.63, 3.8) is 0 Å². The molecule has 4 aromatic rings. The molecule has 0 unspecified atom stereocenters. The average Bonchev–Trinajstić information content (AvgIpc) is 3.79. The minimum Gasteiger partial charge on any atom is -0.475 e. The first-order valence-electron chi connectivity index (χ1n) is 13.1. The third kappa shape index (κ3) is 6.08. The highest BCUT2D eigenvalue weighted by molar-refractivity contribution is 6.09. The number of unbranched alkanes of at least 4 members (excludes halogenated alkanes) is 1. The summed E-state index contributed by atoms with van der Waals surface area (Å²) in [5.74, 6) is 0.574. The highest BCUT2D eigenvalue weighted by Crippen LogP contribution is 2.41. The number of nitriles is 1. The number of ether oxygens (including phenoxy) is 2. The number of nitrogens with zero attached hydrogens (tertiary/aromatic N) is 3. The molecule has 0 spiro atoms. The van der Waals surface area contributed by atoms with E-state index in [2.05, 4.69) is 33.5 Å². The number of hydrogen-bond donors (Lipinski definition) is 2. The van der Waals surface area contributed by atoms with Gasteiger partial charge in [0, 0.05) is 47.3 Å². The first-order chi connectivity index (χ1) is 18.6. The summed E-state index contributed by atoms with van der Waals surface area (Å²) in [6.07, 6.45) is 7.82. The van der Waals surface area contributed by atoms with E-state index >= 15 is 0 Å². The number of primary amides is 1. The van der Waals surface area contributed by atoms with Crippen molar-refractivity contribution in [3.05, 3.63) is 77.1 Å². The van der Waals surface area contributed by atoms with Crippen LogP contribution >= 0.6 is 0 Å². The second-order valence-electron chi connectivity index (χ2n) is 9.59. The quantitative estimate of drug-likeness (QED) is 0.199. The average molecular weight is 510 g/mol. The van der Waals surface area contributed by atoms with Crippen molar-refractivity contribution < 1.29 is 14.3 Å². The SMILES string of the molecule is N#Cc1cc(CNCCCCOCCOc2nc3cc(C(N)=O)ccc3c3cnccc23)ccc1C1CC1. The summed E-state index contributed by atoms with van der Waals surface area (Å²) < 4.78 is 11.7. The van der Waals surface area contributed by atoms with Gasteiger partial charge in [-0.05, 0) is 73.5 Å². The van der Waals surface area contributed by atoms with Gasteiger partial charge in [-0.15, -0.1) is 0 Å². The molecule has 3 N–H and O–H groups in total. The second kappa shape index (κ2) is 12.0. The molecule has 0 bridgehead atoms. The minimum absolute atomic E-state index is 0.363. The number of fused-ring (bicyclic) bond motifs is 3. The molecule has 1 amide bonds. The standard InChI is InChI=1S/C30H31N5O3/c31-17-23-15-20(3-7-24(23)21-4-5-21)18-33-10-1-2-12-37-13-14-38-30-26-9-11-34-19-27(26)25-8-6-22(29(32)36)16-28(25)35-30/h3,6-9,11,15-16,19,21,33H,1-2,4-5,10,12-14,18H2,(H2,32,36). The lowest BCUT2D eigenvalue weighted by atomic mass is 10.0. The molecule has 2 aromatic heterocycles. The number of aromatic nitrogens is 2. The van der Waals surface area contributed by atoms with Gasteiger partial charge < -0.3 is 20.5 Å². The summed E-state index contributed by atoms with van der Waals surface area (Å²) in [6, 6.07) is 15.7. The van der Waals surface area contributed by atoms with Gasteiger partial charge in [0.1, 0.15) is 6.61 Å². The van der Waals surface area contributed by atoms with Crippen LogP contribution in [0.15, 0.2) is 54.9 Å². The Balaban J connectivity index is 1.03. The molecule has 1 fully saturated rings. The van der Waals surface area contributed by atoms with Crippen LogP contribution in [-0.4, -0.2) is 42.2 Å². The van der Waals surface area contributed by atoms with Gasteiger partial charge in [0.2, 0.25) is 11.8 Å². The van der Waals surface area contributed by atoms with Crippen LogP contribution in [0.2, 0.25) is 0 Å². The lowest BCUT2D eigenvalue weighted by molar-refractivity contribution is 0.0966. The smallest absolute Gasteiger partial charge is 0.248 e. The zero-order valence-electron chi connectivity index (χ0n) is 21.3. The van der Waals surface area contributed by atoms with Crippen molar-refractivity contribution in [2.24, 2.45) is 5.73 Å². The summed E-state index contributed by atoms with van der Waals surface area (Å²) in [5.41, 5.74) is 9.64. The van der Waals surface area contributed by atoms with Crippen LogP contribution in [0.3, 0.4) is 0 Å². The molecule has 1 aliphatic carbocycles. The first-order valence-corrected chi connectivity index (χ1v) is 13.1. The molecule has 38 heavy (non-hydrogen) atoms. The van der Waals surface area contributed by atoms with Crippen LogP contribution in [-0.2, 0) is 11.3 Å². The Morgan fingerprint density at radius 1 is 1.05 bits per heavy atom. The van der Waals surface area contributed by atoms with Gasteiger partial charge in [0.05, 0.1) is 23.8 Å². The molecular weight excluding hydrogens is 478 g/mol. The number of amides is 1. The number of nitrogens with two attached hydrogens (primary N) is 1. The third-order valence-corrected chi connectivity index (χ3v) is 6.79. The molecule has 1 aliphatic rings. The molecule has 2 heterocycles. The Hall–Kier alpha value is -4.06. The molecule has 1 saturated carbocycles. The Bertz CT molecular complexity index is 1490. The fourth-order valence-electron chi connectivity index (χ4n) is 4.63. The van der Waals surface area contributed by atoms with Gasteiger partial charge in [-0.1, -0.05) is 18.2 Å². The zero-order valence-corrected chi connectivity index (χ0v) is 21.3. The maximum Gasteiger partial charge on any atom is 0.248 e. The number of pyridine rings is 2. The predicted molar refractivity (Wildman–Crippen MR) is 146 cm³/mol. The van der Waals surface area contributed by atoms with Gasteiger partial charge in [-0.25, -0.2) is 4.98 Å². The topological polar surface area (TPSA) is 123 Å². The summed E-state index contributed by atoms with van der Waals surface area (Å²) >= 11 is 0. The molecule has 0 radical (unpaired) electrons. The molecule has 0 saturated heterocycles. The predicted octanol–water partition coefficient (Wildman–Crippen LogP) is 4.60. The number of nitrogens with one attached hydrogen (secondary N) is 1. The van der Waals surface area contributed by atoms with Gasteiger partial charge in [-0.2, -0.15) is 5.26 Å². The molecule has 2 aromatic carbocycles. The fourth-order valence-corrected chi connectivity index (χ4v) is 4.63. The van der Waals surface area contributed by atoms with Crippen molar-refractivity contribution in [2.75, 3.05) is 26.4 Å². The van der Waals surface area contributed by atoms with E-state index in [1.54, 1.807) is 24.5 Å². The molecule has 194 valence electrons. The Morgan fingerprint density at radius 2 is 1.95 bits per heavy atom. The molecule has 0 atom stereocenters. The van der Waals surface area contributed by atoms with E-state index in [4.69, 9.17) is 15.2 Å². The van der Waals surface area contributed by atoms with Crippen LogP contribution in [0.4, 0.5) is 0 Å². The number of hydrogen-bond acceptors (Lipinski definition) is 7. The maximum atomic E-state index is 11.6. The molecular formula is C30H31N5O3. The largest absolute Gasteiger partial charge is 0.475 e. The number of rotatable bonds is 13. The van der Waals surface area contributed by atoms with Gasteiger partial charge in [-0.3, -0.25) is 9.78 Å². The highest BCUT2D eigenvalue weighted by atomic mass is 16.5. The Labute approximate surface area is 221 Å². The fraction of sp³-hybridized carbons (Fsp3) is 0.333. The summed E-state index contributed by atoms with van der Waals surface area (Å²) in [4.78, 5) is 20.4.